The minimum atomic E-state index is -0.718. The normalized spacial score (nSPS) is 18.2. The maximum Gasteiger partial charge on any atom is 0.255 e. The van der Waals surface area contributed by atoms with Crippen LogP contribution in [0.15, 0.2) is 66.0 Å². The molecule has 1 aliphatic heterocycles. The second kappa shape index (κ2) is 9.36. The Labute approximate surface area is 190 Å². The van der Waals surface area contributed by atoms with Crippen LogP contribution in [0.4, 0.5) is 5.69 Å². The minimum Gasteiger partial charge on any atom is -0.488 e. The van der Waals surface area contributed by atoms with Crippen LogP contribution in [-0.4, -0.2) is 17.7 Å². The Hall–Kier alpha value is -3.45. The maximum atomic E-state index is 12.7. The molecule has 0 aliphatic carbocycles. The second-order valence-corrected chi connectivity index (χ2v) is 8.77. The van der Waals surface area contributed by atoms with E-state index in [1.165, 1.54) is 0 Å². The Kier molecular flexibility index (Phi) is 6.37. The molecule has 3 amide bonds. The van der Waals surface area contributed by atoms with Gasteiger partial charge >= 0.3 is 0 Å². The Morgan fingerprint density at radius 1 is 1.12 bits per heavy atom. The van der Waals surface area contributed by atoms with E-state index in [0.29, 0.717) is 42.9 Å². The quantitative estimate of drug-likeness (QED) is 0.515. The van der Waals surface area contributed by atoms with Crippen molar-refractivity contribution in [2.45, 2.75) is 38.2 Å². The molecule has 0 radical (unpaired) electrons. The molecule has 1 aliphatic rings. The number of amides is 3. The highest BCUT2D eigenvalue weighted by atomic mass is 32.1. The van der Waals surface area contributed by atoms with Gasteiger partial charge in [0.25, 0.3) is 5.91 Å². The number of piperidine rings is 1. The average molecular weight is 449 g/mol. The van der Waals surface area contributed by atoms with Crippen molar-refractivity contribution in [3.05, 3.63) is 82.0 Å². The van der Waals surface area contributed by atoms with Gasteiger partial charge in [-0.25, -0.2) is 0 Å². The zero-order valence-electron chi connectivity index (χ0n) is 17.7. The first-order valence-corrected chi connectivity index (χ1v) is 11.4. The van der Waals surface area contributed by atoms with Crippen LogP contribution in [0.5, 0.6) is 5.75 Å². The molecule has 1 aromatic heterocycles. The Morgan fingerprint density at radius 3 is 2.62 bits per heavy atom. The number of anilines is 1. The van der Waals surface area contributed by atoms with Gasteiger partial charge in [0.2, 0.25) is 11.8 Å². The molecule has 2 heterocycles. The van der Waals surface area contributed by atoms with Crippen LogP contribution in [-0.2, 0) is 21.6 Å². The number of benzene rings is 2. The fourth-order valence-electron chi connectivity index (χ4n) is 3.92. The molecule has 164 valence electrons. The predicted octanol–water partition coefficient (Wildman–Crippen LogP) is 4.66. The molecule has 6 nitrogen and oxygen atoms in total. The van der Waals surface area contributed by atoms with Gasteiger partial charge in [0, 0.05) is 22.5 Å². The van der Waals surface area contributed by atoms with Gasteiger partial charge in [-0.2, -0.15) is 0 Å². The zero-order chi connectivity index (χ0) is 22.6. The topological polar surface area (TPSA) is 84.5 Å². The Bertz CT molecular complexity index is 1130. The number of imide groups is 1. The van der Waals surface area contributed by atoms with Gasteiger partial charge in [-0.3, -0.25) is 19.7 Å². The molecule has 1 unspecified atom stereocenters. The number of hydrogen-bond acceptors (Lipinski definition) is 5. The first kappa shape index (κ1) is 21.8. The molecule has 3 aromatic rings. The third-order valence-corrected chi connectivity index (χ3v) is 6.67. The molecule has 0 spiro atoms. The van der Waals surface area contributed by atoms with Crippen molar-refractivity contribution < 1.29 is 19.1 Å². The second-order valence-electron chi connectivity index (χ2n) is 7.74. The molecule has 2 aromatic carbocycles. The van der Waals surface area contributed by atoms with E-state index >= 15 is 0 Å². The van der Waals surface area contributed by atoms with Gasteiger partial charge in [-0.1, -0.05) is 31.2 Å². The van der Waals surface area contributed by atoms with Gasteiger partial charge in [-0.05, 0) is 60.2 Å². The number of nitrogens with one attached hydrogen (secondary N) is 2. The number of ether oxygens (including phenoxy) is 1. The summed E-state index contributed by atoms with van der Waals surface area (Å²) in [4.78, 5) is 37.9. The first-order valence-electron chi connectivity index (χ1n) is 10.5. The number of carbonyl (C=O) groups excluding carboxylic acids is 3. The highest BCUT2D eigenvalue weighted by Gasteiger charge is 2.42. The highest BCUT2D eigenvalue weighted by molar-refractivity contribution is 7.09. The number of thiophene rings is 1. The molecule has 1 atom stereocenters. The van der Waals surface area contributed by atoms with E-state index in [0.717, 1.165) is 10.4 Å². The first-order chi connectivity index (χ1) is 15.5. The summed E-state index contributed by atoms with van der Waals surface area (Å²) in [6.45, 7) is 2.40. The lowest BCUT2D eigenvalue weighted by Crippen LogP contribution is -2.51. The van der Waals surface area contributed by atoms with Crippen LogP contribution in [0.2, 0.25) is 0 Å². The van der Waals surface area contributed by atoms with Gasteiger partial charge in [0.15, 0.2) is 0 Å². The zero-order valence-corrected chi connectivity index (χ0v) is 18.5. The summed E-state index contributed by atoms with van der Waals surface area (Å²) in [6, 6.07) is 18.3. The number of rotatable bonds is 7. The van der Waals surface area contributed by atoms with E-state index in [2.05, 4.69) is 10.6 Å². The summed E-state index contributed by atoms with van der Waals surface area (Å²) in [5, 5.41) is 7.34. The molecular formula is C25H24N2O4S. The smallest absolute Gasteiger partial charge is 0.255 e. The van der Waals surface area contributed by atoms with E-state index in [-0.39, 0.29) is 17.7 Å². The van der Waals surface area contributed by atoms with Gasteiger partial charge in [-0.15, -0.1) is 11.3 Å². The molecule has 1 saturated heterocycles. The third kappa shape index (κ3) is 4.57. The van der Waals surface area contributed by atoms with Crippen LogP contribution in [0.3, 0.4) is 0 Å². The van der Waals surface area contributed by atoms with Crippen molar-refractivity contribution in [1.82, 2.24) is 5.32 Å². The summed E-state index contributed by atoms with van der Waals surface area (Å²) >= 11 is 1.62. The summed E-state index contributed by atoms with van der Waals surface area (Å²) < 4.78 is 5.78. The molecule has 7 heteroatoms. The van der Waals surface area contributed by atoms with E-state index < -0.39 is 5.41 Å². The van der Waals surface area contributed by atoms with Crippen molar-refractivity contribution in [3.8, 4) is 5.75 Å². The van der Waals surface area contributed by atoms with Crippen molar-refractivity contribution in [2.24, 2.45) is 0 Å². The summed E-state index contributed by atoms with van der Waals surface area (Å²) in [7, 11) is 0. The van der Waals surface area contributed by atoms with Crippen molar-refractivity contribution in [3.63, 3.8) is 0 Å². The van der Waals surface area contributed by atoms with Crippen LogP contribution in [0.1, 0.15) is 47.0 Å². The molecule has 32 heavy (non-hydrogen) atoms. The third-order valence-electron chi connectivity index (χ3n) is 5.82. The standard InChI is InChI=1S/C25H24N2O4S/c1-2-25(13-12-22(28)27-24(25)30)18-8-10-19(11-9-18)26-23(29)17-5-3-6-20(15-17)31-16-21-7-4-14-32-21/h3-11,14-15H,2,12-13,16H2,1H3,(H,26,29)(H,27,28,30). The van der Waals surface area contributed by atoms with Crippen LogP contribution in [0.25, 0.3) is 0 Å². The largest absolute Gasteiger partial charge is 0.488 e. The summed E-state index contributed by atoms with van der Waals surface area (Å²) in [6.07, 6.45) is 1.40. The highest BCUT2D eigenvalue weighted by Crippen LogP contribution is 2.36. The SMILES string of the molecule is CCC1(c2ccc(NC(=O)c3cccc(OCc4cccs4)c3)cc2)CCC(=O)NC1=O. The van der Waals surface area contributed by atoms with Gasteiger partial charge < -0.3 is 10.1 Å². The molecular weight excluding hydrogens is 424 g/mol. The van der Waals surface area contributed by atoms with E-state index in [1.54, 1.807) is 41.7 Å². The predicted molar refractivity (Wildman–Crippen MR) is 124 cm³/mol. The monoisotopic (exact) mass is 448 g/mol. The lowest BCUT2D eigenvalue weighted by Gasteiger charge is -2.35. The number of carbonyl (C=O) groups is 3. The molecule has 2 N–H and O–H groups in total. The lowest BCUT2D eigenvalue weighted by atomic mass is 9.72. The summed E-state index contributed by atoms with van der Waals surface area (Å²) in [5.74, 6) is -0.105. The van der Waals surface area contributed by atoms with Gasteiger partial charge in [0.1, 0.15) is 12.4 Å². The van der Waals surface area contributed by atoms with E-state index in [4.69, 9.17) is 4.74 Å². The summed E-state index contributed by atoms with van der Waals surface area (Å²) in [5.41, 5.74) is 1.24. The fraction of sp³-hybridized carbons (Fsp3) is 0.240. The molecule has 4 rings (SSSR count). The number of hydrogen-bond donors (Lipinski definition) is 2. The minimum absolute atomic E-state index is 0.232. The van der Waals surface area contributed by atoms with E-state index in [9.17, 15) is 14.4 Å². The molecule has 0 bridgehead atoms. The average Bonchev–Trinajstić information content (AvgIpc) is 3.33. The van der Waals surface area contributed by atoms with Crippen molar-refractivity contribution in [1.29, 1.82) is 0 Å². The van der Waals surface area contributed by atoms with Crippen LogP contribution in [0, 0.1) is 0 Å². The van der Waals surface area contributed by atoms with Gasteiger partial charge in [0.05, 0.1) is 5.41 Å². The Morgan fingerprint density at radius 2 is 1.94 bits per heavy atom. The lowest BCUT2D eigenvalue weighted by molar-refractivity contribution is -0.138. The van der Waals surface area contributed by atoms with Crippen molar-refractivity contribution >= 4 is 34.7 Å². The van der Waals surface area contributed by atoms with E-state index in [1.807, 2.05) is 42.6 Å². The fourth-order valence-corrected chi connectivity index (χ4v) is 4.53. The van der Waals surface area contributed by atoms with Crippen LogP contribution >= 0.6 is 11.3 Å². The Balaban J connectivity index is 1.43. The maximum absolute atomic E-state index is 12.7. The van der Waals surface area contributed by atoms with Crippen LogP contribution < -0.4 is 15.4 Å². The molecule has 0 saturated carbocycles. The van der Waals surface area contributed by atoms with Crippen molar-refractivity contribution in [2.75, 3.05) is 5.32 Å². The molecule has 1 fully saturated rings.